The maximum atomic E-state index is 4.33. The summed E-state index contributed by atoms with van der Waals surface area (Å²) in [5.41, 5.74) is 1.64. The van der Waals surface area contributed by atoms with E-state index in [-0.39, 0.29) is 8.80 Å². The van der Waals surface area contributed by atoms with Crippen LogP contribution >= 0.6 is 0 Å². The Balaban J connectivity index is 2.88. The normalized spacial score (nSPS) is 12.9. The molecule has 12 heavy (non-hydrogen) atoms. The zero-order chi connectivity index (χ0) is 8.97. The second-order valence-electron chi connectivity index (χ2n) is 3.05. The van der Waals surface area contributed by atoms with E-state index >= 15 is 0 Å². The number of pyridine rings is 1. The lowest BCUT2D eigenvalue weighted by Crippen LogP contribution is -2.14. The van der Waals surface area contributed by atoms with Gasteiger partial charge in [0.05, 0.1) is 8.80 Å². The number of allylic oxidation sites excluding steroid dienone is 1. The molecular weight excluding hydrogens is 162 g/mol. The van der Waals surface area contributed by atoms with E-state index in [0.717, 1.165) is 5.69 Å². The van der Waals surface area contributed by atoms with E-state index in [4.69, 9.17) is 0 Å². The summed E-state index contributed by atoms with van der Waals surface area (Å²) in [7, 11) is -0.357. The van der Waals surface area contributed by atoms with Crippen LogP contribution in [0.15, 0.2) is 37.1 Å². The highest BCUT2D eigenvalue weighted by Gasteiger charge is 2.13. The molecule has 0 saturated heterocycles. The van der Waals surface area contributed by atoms with Crippen molar-refractivity contribution in [2.45, 2.75) is 18.6 Å². The van der Waals surface area contributed by atoms with E-state index < -0.39 is 0 Å². The Morgan fingerprint density at radius 1 is 1.50 bits per heavy atom. The zero-order valence-corrected chi connectivity index (χ0v) is 8.62. The summed E-state index contributed by atoms with van der Waals surface area (Å²) in [6.45, 7) is 8.41. The van der Waals surface area contributed by atoms with Crippen LogP contribution in [-0.2, 0) is 0 Å². The molecule has 0 aliphatic rings. The quantitative estimate of drug-likeness (QED) is 0.509. The molecule has 1 atom stereocenters. The van der Waals surface area contributed by atoms with Crippen LogP contribution in [0.4, 0.5) is 0 Å². The molecular formula is C10H14NSi. The Morgan fingerprint density at radius 3 is 2.67 bits per heavy atom. The van der Waals surface area contributed by atoms with Gasteiger partial charge in [0.1, 0.15) is 0 Å². The third-order valence-corrected chi connectivity index (χ3v) is 3.64. The number of aromatic nitrogens is 1. The van der Waals surface area contributed by atoms with Crippen LogP contribution in [0.1, 0.15) is 11.2 Å². The van der Waals surface area contributed by atoms with Gasteiger partial charge in [-0.15, -0.1) is 6.58 Å². The first kappa shape index (κ1) is 9.20. The number of hydrogen-bond acceptors (Lipinski definition) is 1. The zero-order valence-electron chi connectivity index (χ0n) is 7.62. The van der Waals surface area contributed by atoms with Gasteiger partial charge in [0.2, 0.25) is 0 Å². The van der Waals surface area contributed by atoms with Crippen molar-refractivity contribution in [2.75, 3.05) is 0 Å². The van der Waals surface area contributed by atoms with Crippen LogP contribution in [0.3, 0.4) is 0 Å². The van der Waals surface area contributed by atoms with Gasteiger partial charge in [-0.2, -0.15) is 0 Å². The van der Waals surface area contributed by atoms with Crippen molar-refractivity contribution in [3.63, 3.8) is 0 Å². The highest BCUT2D eigenvalue weighted by molar-refractivity contribution is 6.58. The van der Waals surface area contributed by atoms with Gasteiger partial charge < -0.3 is 0 Å². The molecule has 1 aromatic rings. The molecule has 0 aliphatic heterocycles. The maximum Gasteiger partial charge on any atom is 0.0568 e. The molecule has 0 spiro atoms. The Bertz CT molecular complexity index is 243. The highest BCUT2D eigenvalue weighted by Crippen LogP contribution is 2.16. The van der Waals surface area contributed by atoms with Crippen molar-refractivity contribution in [1.29, 1.82) is 0 Å². The number of rotatable bonds is 3. The van der Waals surface area contributed by atoms with Gasteiger partial charge in [-0.1, -0.05) is 25.2 Å². The van der Waals surface area contributed by atoms with Gasteiger partial charge in [-0.25, -0.2) is 0 Å². The second-order valence-corrected chi connectivity index (χ2v) is 5.82. The monoisotopic (exact) mass is 176 g/mol. The third kappa shape index (κ3) is 2.05. The SMILES string of the molecule is C=CC(c1ccccn1)[Si](C)C. The lowest BCUT2D eigenvalue weighted by Gasteiger charge is -2.13. The molecule has 63 valence electrons. The van der Waals surface area contributed by atoms with Crippen LogP contribution in [0.2, 0.25) is 13.1 Å². The van der Waals surface area contributed by atoms with Crippen molar-refractivity contribution in [2.24, 2.45) is 0 Å². The fraction of sp³-hybridized carbons (Fsp3) is 0.300. The molecule has 1 aromatic heterocycles. The van der Waals surface area contributed by atoms with E-state index in [2.05, 4.69) is 30.7 Å². The van der Waals surface area contributed by atoms with Crippen LogP contribution in [-0.4, -0.2) is 13.8 Å². The van der Waals surface area contributed by atoms with Gasteiger partial charge in [-0.05, 0) is 12.1 Å². The predicted octanol–water partition coefficient (Wildman–Crippen LogP) is 2.64. The van der Waals surface area contributed by atoms with Crippen LogP contribution in [0.25, 0.3) is 0 Å². The van der Waals surface area contributed by atoms with Gasteiger partial charge in [-0.3, -0.25) is 4.98 Å². The highest BCUT2D eigenvalue weighted by atomic mass is 28.3. The topological polar surface area (TPSA) is 12.9 Å². The van der Waals surface area contributed by atoms with Gasteiger partial charge in [0.25, 0.3) is 0 Å². The third-order valence-electron chi connectivity index (χ3n) is 1.86. The lowest BCUT2D eigenvalue weighted by molar-refractivity contribution is 1.05. The summed E-state index contributed by atoms with van der Waals surface area (Å²) in [6.07, 6.45) is 3.85. The van der Waals surface area contributed by atoms with Gasteiger partial charge in [0, 0.05) is 17.4 Å². The van der Waals surface area contributed by atoms with Gasteiger partial charge in [0.15, 0.2) is 0 Å². The molecule has 1 nitrogen and oxygen atoms in total. The minimum absolute atomic E-state index is 0.357. The summed E-state index contributed by atoms with van der Waals surface area (Å²) in [5.74, 6) is 0. The maximum absolute atomic E-state index is 4.33. The Hall–Kier alpha value is -0.893. The standard InChI is InChI=1S/C10H14NSi/c1-4-10(12(2)3)9-7-5-6-8-11-9/h4-8,10H,1H2,2-3H3. The summed E-state index contributed by atoms with van der Waals surface area (Å²) in [4.78, 5) is 4.33. The lowest BCUT2D eigenvalue weighted by atomic mass is 10.2. The van der Waals surface area contributed by atoms with Crippen LogP contribution < -0.4 is 0 Å². The first-order valence-corrected chi connectivity index (χ1v) is 6.67. The van der Waals surface area contributed by atoms with Crippen molar-refractivity contribution in [1.82, 2.24) is 4.98 Å². The fourth-order valence-corrected chi connectivity index (χ4v) is 2.45. The van der Waals surface area contributed by atoms with E-state index in [1.54, 1.807) is 0 Å². The summed E-state index contributed by atoms with van der Waals surface area (Å²) in [5, 5.41) is 0. The molecule has 1 rings (SSSR count). The van der Waals surface area contributed by atoms with E-state index in [1.807, 2.05) is 24.4 Å². The molecule has 0 aromatic carbocycles. The summed E-state index contributed by atoms with van der Waals surface area (Å²) in [6, 6.07) is 6.05. The Morgan fingerprint density at radius 2 is 2.25 bits per heavy atom. The molecule has 0 aliphatic carbocycles. The first-order chi connectivity index (χ1) is 5.75. The van der Waals surface area contributed by atoms with Crippen molar-refractivity contribution in [3.8, 4) is 0 Å². The Kier molecular flexibility index (Phi) is 3.23. The first-order valence-electron chi connectivity index (χ1n) is 4.09. The number of hydrogen-bond donors (Lipinski definition) is 0. The fourth-order valence-electron chi connectivity index (χ4n) is 1.21. The molecule has 1 heterocycles. The van der Waals surface area contributed by atoms with E-state index in [1.165, 1.54) is 0 Å². The average Bonchev–Trinajstić information content (AvgIpc) is 2.07. The molecule has 0 amide bonds. The second kappa shape index (κ2) is 4.21. The van der Waals surface area contributed by atoms with Crippen LogP contribution in [0.5, 0.6) is 0 Å². The molecule has 0 fully saturated rings. The average molecular weight is 176 g/mol. The molecule has 2 heteroatoms. The molecule has 1 unspecified atom stereocenters. The minimum atomic E-state index is -0.357. The number of nitrogens with zero attached hydrogens (tertiary/aromatic N) is 1. The van der Waals surface area contributed by atoms with Crippen molar-refractivity contribution >= 4 is 8.80 Å². The van der Waals surface area contributed by atoms with E-state index in [9.17, 15) is 0 Å². The summed E-state index contributed by atoms with van der Waals surface area (Å²) < 4.78 is 0. The predicted molar refractivity (Wildman–Crippen MR) is 54.7 cm³/mol. The van der Waals surface area contributed by atoms with Crippen LogP contribution in [0, 0.1) is 0 Å². The molecule has 0 saturated carbocycles. The van der Waals surface area contributed by atoms with Gasteiger partial charge >= 0.3 is 0 Å². The van der Waals surface area contributed by atoms with Crippen molar-refractivity contribution < 1.29 is 0 Å². The van der Waals surface area contributed by atoms with Crippen molar-refractivity contribution in [3.05, 3.63) is 42.7 Å². The molecule has 0 bridgehead atoms. The molecule has 1 radical (unpaired) electrons. The smallest absolute Gasteiger partial charge is 0.0568 e. The van der Waals surface area contributed by atoms with E-state index in [0.29, 0.717) is 5.54 Å². The summed E-state index contributed by atoms with van der Waals surface area (Å²) >= 11 is 0. The Labute approximate surface area is 75.8 Å². The minimum Gasteiger partial charge on any atom is -0.261 e. The largest absolute Gasteiger partial charge is 0.261 e. The molecule has 0 N–H and O–H groups in total.